The molecule has 2 heterocycles. The molecular formula is C23H24N4O3. The molecule has 0 radical (unpaired) electrons. The number of nitrogens with zero attached hydrogens (tertiary/aromatic N) is 4. The summed E-state index contributed by atoms with van der Waals surface area (Å²) in [6.07, 6.45) is 5.16. The van der Waals surface area contributed by atoms with Crippen LogP contribution in [0.3, 0.4) is 0 Å². The van der Waals surface area contributed by atoms with Crippen LogP contribution in [0.15, 0.2) is 54.7 Å². The molecule has 7 heteroatoms. The number of hydrogen-bond acceptors (Lipinski definition) is 6. The molecule has 1 fully saturated rings. The molecule has 0 bridgehead atoms. The van der Waals surface area contributed by atoms with Gasteiger partial charge in [0.25, 0.3) is 0 Å². The lowest BCUT2D eigenvalue weighted by atomic mass is 10.1. The van der Waals surface area contributed by atoms with Crippen LogP contribution >= 0.6 is 0 Å². The highest BCUT2D eigenvalue weighted by Gasteiger charge is 2.21. The zero-order chi connectivity index (χ0) is 20.9. The Morgan fingerprint density at radius 2 is 1.77 bits per heavy atom. The molecule has 2 aromatic carbocycles. The molecule has 30 heavy (non-hydrogen) atoms. The van der Waals surface area contributed by atoms with Crippen LogP contribution in [-0.2, 0) is 4.79 Å². The number of methoxy groups -OCH3 is 2. The second-order valence-corrected chi connectivity index (χ2v) is 6.97. The van der Waals surface area contributed by atoms with Crippen molar-refractivity contribution < 1.29 is 14.3 Å². The summed E-state index contributed by atoms with van der Waals surface area (Å²) in [6, 6.07) is 13.3. The van der Waals surface area contributed by atoms with Crippen LogP contribution in [0.2, 0.25) is 0 Å². The molecule has 0 spiro atoms. The Hall–Kier alpha value is -3.61. The van der Waals surface area contributed by atoms with Crippen LogP contribution in [0.5, 0.6) is 11.5 Å². The van der Waals surface area contributed by atoms with E-state index in [2.05, 4.69) is 9.88 Å². The fraction of sp³-hybridized carbons (Fsp3) is 0.261. The minimum Gasteiger partial charge on any atom is -0.497 e. The maximum Gasteiger partial charge on any atom is 0.246 e. The zero-order valence-corrected chi connectivity index (χ0v) is 17.1. The summed E-state index contributed by atoms with van der Waals surface area (Å²) in [4.78, 5) is 25.9. The van der Waals surface area contributed by atoms with Gasteiger partial charge in [-0.05, 0) is 36.4 Å². The van der Waals surface area contributed by atoms with Crippen molar-refractivity contribution >= 4 is 28.8 Å². The number of hydrogen-bond donors (Lipinski definition) is 0. The lowest BCUT2D eigenvalue weighted by Crippen LogP contribution is -2.48. The van der Waals surface area contributed by atoms with Crippen molar-refractivity contribution in [2.45, 2.75) is 0 Å². The monoisotopic (exact) mass is 404 g/mol. The Labute approximate surface area is 175 Å². The van der Waals surface area contributed by atoms with Crippen LogP contribution in [0.1, 0.15) is 5.56 Å². The normalized spacial score (nSPS) is 14.3. The number of para-hydroxylation sites is 2. The molecule has 4 rings (SSSR count). The summed E-state index contributed by atoms with van der Waals surface area (Å²) in [5, 5.41) is 0. The molecule has 1 aliphatic heterocycles. The van der Waals surface area contributed by atoms with E-state index in [1.54, 1.807) is 32.6 Å². The first-order valence-corrected chi connectivity index (χ1v) is 9.83. The number of fused-ring (bicyclic) bond motifs is 1. The molecule has 0 aliphatic carbocycles. The Balaban J connectivity index is 1.40. The van der Waals surface area contributed by atoms with E-state index in [9.17, 15) is 4.79 Å². The Morgan fingerprint density at radius 1 is 1.00 bits per heavy atom. The largest absolute Gasteiger partial charge is 0.497 e. The number of benzene rings is 2. The molecule has 1 saturated heterocycles. The molecule has 0 unspecified atom stereocenters. The standard InChI is InChI=1S/C23H24N4O3/c1-29-18-8-9-21(30-2)17(15-18)7-10-23(28)27-13-11-26(12-14-27)22-16-24-19-5-3-4-6-20(19)25-22/h3-10,15-16H,11-14H2,1-2H3/b10-7+. The van der Waals surface area contributed by atoms with Gasteiger partial charge in [0.2, 0.25) is 5.91 Å². The number of aromatic nitrogens is 2. The van der Waals surface area contributed by atoms with Crippen molar-refractivity contribution in [3.8, 4) is 11.5 Å². The summed E-state index contributed by atoms with van der Waals surface area (Å²) < 4.78 is 10.6. The first-order chi connectivity index (χ1) is 14.7. The van der Waals surface area contributed by atoms with Crippen LogP contribution in [-0.4, -0.2) is 61.2 Å². The van der Waals surface area contributed by atoms with Crippen LogP contribution < -0.4 is 14.4 Å². The first-order valence-electron chi connectivity index (χ1n) is 9.83. The van der Waals surface area contributed by atoms with Crippen molar-refractivity contribution in [2.24, 2.45) is 0 Å². The minimum atomic E-state index is -0.0240. The van der Waals surface area contributed by atoms with Crippen molar-refractivity contribution in [2.75, 3.05) is 45.3 Å². The van der Waals surface area contributed by atoms with Gasteiger partial charge in [-0.25, -0.2) is 4.98 Å². The molecule has 0 N–H and O–H groups in total. The molecule has 1 aromatic heterocycles. The van der Waals surface area contributed by atoms with Crippen LogP contribution in [0.4, 0.5) is 5.82 Å². The molecule has 3 aromatic rings. The predicted molar refractivity (Wildman–Crippen MR) is 117 cm³/mol. The zero-order valence-electron chi connectivity index (χ0n) is 17.1. The van der Waals surface area contributed by atoms with Crippen molar-refractivity contribution in [3.63, 3.8) is 0 Å². The quantitative estimate of drug-likeness (QED) is 0.609. The number of amides is 1. The molecule has 154 valence electrons. The molecule has 1 aliphatic rings. The number of carbonyl (C=O) groups excluding carboxylic acids is 1. The van der Waals surface area contributed by atoms with Crippen molar-refractivity contribution in [3.05, 3.63) is 60.3 Å². The van der Waals surface area contributed by atoms with Gasteiger partial charge in [0.15, 0.2) is 0 Å². The number of carbonyl (C=O) groups is 1. The van der Waals surface area contributed by atoms with Crippen molar-refractivity contribution in [1.82, 2.24) is 14.9 Å². The summed E-state index contributed by atoms with van der Waals surface area (Å²) in [5.41, 5.74) is 2.56. The molecule has 7 nitrogen and oxygen atoms in total. The van der Waals surface area contributed by atoms with Gasteiger partial charge in [0.1, 0.15) is 17.3 Å². The number of rotatable bonds is 5. The predicted octanol–water partition coefficient (Wildman–Crippen LogP) is 3.01. The van der Waals surface area contributed by atoms with E-state index >= 15 is 0 Å². The van der Waals surface area contributed by atoms with E-state index in [1.807, 2.05) is 47.4 Å². The van der Waals surface area contributed by atoms with Gasteiger partial charge >= 0.3 is 0 Å². The molecule has 0 atom stereocenters. The maximum absolute atomic E-state index is 12.7. The third kappa shape index (κ3) is 4.20. The maximum atomic E-state index is 12.7. The van der Waals surface area contributed by atoms with E-state index in [-0.39, 0.29) is 5.91 Å². The number of piperazine rings is 1. The fourth-order valence-electron chi connectivity index (χ4n) is 3.49. The number of ether oxygens (including phenoxy) is 2. The van der Waals surface area contributed by atoms with E-state index in [0.717, 1.165) is 35.5 Å². The highest BCUT2D eigenvalue weighted by atomic mass is 16.5. The van der Waals surface area contributed by atoms with Crippen LogP contribution in [0, 0.1) is 0 Å². The van der Waals surface area contributed by atoms with Crippen LogP contribution in [0.25, 0.3) is 17.1 Å². The van der Waals surface area contributed by atoms with Gasteiger partial charge < -0.3 is 19.3 Å². The second kappa shape index (κ2) is 8.82. The van der Waals surface area contributed by atoms with Crippen molar-refractivity contribution in [1.29, 1.82) is 0 Å². The highest BCUT2D eigenvalue weighted by molar-refractivity contribution is 5.92. The average molecular weight is 404 g/mol. The Kier molecular flexibility index (Phi) is 5.79. The van der Waals surface area contributed by atoms with Gasteiger partial charge in [0, 0.05) is 37.8 Å². The summed E-state index contributed by atoms with van der Waals surface area (Å²) in [7, 11) is 3.22. The van der Waals surface area contributed by atoms with E-state index < -0.39 is 0 Å². The highest BCUT2D eigenvalue weighted by Crippen LogP contribution is 2.25. The first kappa shape index (κ1) is 19.7. The van der Waals surface area contributed by atoms with Gasteiger partial charge in [-0.3, -0.25) is 9.78 Å². The summed E-state index contributed by atoms with van der Waals surface area (Å²) in [6.45, 7) is 2.70. The van der Waals surface area contributed by atoms with Gasteiger partial charge in [-0.15, -0.1) is 0 Å². The van der Waals surface area contributed by atoms with E-state index in [1.165, 1.54) is 0 Å². The minimum absolute atomic E-state index is 0.0240. The fourth-order valence-corrected chi connectivity index (χ4v) is 3.49. The van der Waals surface area contributed by atoms with Gasteiger partial charge in [-0.2, -0.15) is 0 Å². The van der Waals surface area contributed by atoms with Gasteiger partial charge in [0.05, 0.1) is 31.4 Å². The lowest BCUT2D eigenvalue weighted by Gasteiger charge is -2.34. The number of anilines is 1. The van der Waals surface area contributed by atoms with Gasteiger partial charge in [-0.1, -0.05) is 12.1 Å². The second-order valence-electron chi connectivity index (χ2n) is 6.97. The summed E-state index contributed by atoms with van der Waals surface area (Å²) in [5.74, 6) is 2.23. The smallest absolute Gasteiger partial charge is 0.246 e. The third-order valence-electron chi connectivity index (χ3n) is 5.19. The SMILES string of the molecule is COc1ccc(OC)c(/C=C/C(=O)N2CCN(c3cnc4ccccc4n3)CC2)c1. The van der Waals surface area contributed by atoms with E-state index in [0.29, 0.717) is 24.6 Å². The Bertz CT molecular complexity index is 1070. The van der Waals surface area contributed by atoms with E-state index in [4.69, 9.17) is 14.5 Å². The lowest BCUT2D eigenvalue weighted by molar-refractivity contribution is -0.126. The topological polar surface area (TPSA) is 67.8 Å². The molecule has 0 saturated carbocycles. The molecular weight excluding hydrogens is 380 g/mol. The Morgan fingerprint density at radius 3 is 2.50 bits per heavy atom. The molecule has 1 amide bonds. The summed E-state index contributed by atoms with van der Waals surface area (Å²) >= 11 is 0. The average Bonchev–Trinajstić information content (AvgIpc) is 2.82. The third-order valence-corrected chi connectivity index (χ3v) is 5.19.